The lowest BCUT2D eigenvalue weighted by Crippen LogP contribution is -2.29. The van der Waals surface area contributed by atoms with Crippen LogP contribution in [0.3, 0.4) is 0 Å². The van der Waals surface area contributed by atoms with E-state index in [1.807, 2.05) is 0 Å². The van der Waals surface area contributed by atoms with Crippen molar-refractivity contribution in [2.75, 3.05) is 11.9 Å². The van der Waals surface area contributed by atoms with Crippen LogP contribution in [0.25, 0.3) is 0 Å². The number of esters is 1. The first kappa shape index (κ1) is 15.6. The predicted molar refractivity (Wildman–Crippen MR) is 69.0 cm³/mol. The zero-order valence-electron chi connectivity index (χ0n) is 10.3. The Morgan fingerprint density at radius 3 is 2.58 bits per heavy atom. The molecule has 0 atom stereocenters. The summed E-state index contributed by atoms with van der Waals surface area (Å²) < 4.78 is 32.7. The van der Waals surface area contributed by atoms with Crippen molar-refractivity contribution >= 4 is 33.5 Å². The van der Waals surface area contributed by atoms with Crippen molar-refractivity contribution in [3.8, 4) is 0 Å². The molecule has 0 aliphatic carbocycles. The number of anilines is 1. The molecule has 0 spiro atoms. The van der Waals surface area contributed by atoms with Crippen molar-refractivity contribution in [2.45, 2.75) is 19.8 Å². The average Bonchev–Trinajstić information content (AvgIpc) is 2.28. The zero-order chi connectivity index (χ0) is 14.6. The maximum absolute atomic E-state index is 13.9. The van der Waals surface area contributed by atoms with Crippen LogP contribution in [-0.4, -0.2) is 18.5 Å². The number of hydrogen-bond donors (Lipinski definition) is 1. The first-order valence-corrected chi connectivity index (χ1v) is 6.21. The topological polar surface area (TPSA) is 55.4 Å². The molecule has 0 heterocycles. The van der Waals surface area contributed by atoms with E-state index in [0.29, 0.717) is 4.47 Å². The van der Waals surface area contributed by atoms with Gasteiger partial charge in [0, 0.05) is 11.4 Å². The Kier molecular flexibility index (Phi) is 4.99. The van der Waals surface area contributed by atoms with Gasteiger partial charge in [0.1, 0.15) is 0 Å². The van der Waals surface area contributed by atoms with Crippen LogP contribution in [0.2, 0.25) is 0 Å². The van der Waals surface area contributed by atoms with E-state index >= 15 is 0 Å². The van der Waals surface area contributed by atoms with Crippen molar-refractivity contribution in [1.29, 1.82) is 0 Å². The van der Waals surface area contributed by atoms with Gasteiger partial charge in [0.25, 0.3) is 0 Å². The summed E-state index contributed by atoms with van der Waals surface area (Å²) in [6, 6.07) is 3.71. The Morgan fingerprint density at radius 2 is 2.05 bits per heavy atom. The SMILES string of the molecule is CCOC(=O)C(F)(F)c1ccc(Br)cc1NC(C)=O. The number of rotatable bonds is 4. The van der Waals surface area contributed by atoms with Crippen LogP contribution >= 0.6 is 15.9 Å². The monoisotopic (exact) mass is 335 g/mol. The van der Waals surface area contributed by atoms with E-state index in [9.17, 15) is 18.4 Å². The number of benzene rings is 1. The number of ether oxygens (including phenoxy) is 1. The fourth-order valence-corrected chi connectivity index (χ4v) is 1.78. The highest BCUT2D eigenvalue weighted by molar-refractivity contribution is 9.10. The van der Waals surface area contributed by atoms with Crippen LogP contribution in [0, 0.1) is 0 Å². The molecule has 0 aliphatic heterocycles. The molecule has 7 heteroatoms. The third-order valence-electron chi connectivity index (χ3n) is 2.16. The van der Waals surface area contributed by atoms with Crippen molar-refractivity contribution in [1.82, 2.24) is 0 Å². The highest BCUT2D eigenvalue weighted by Gasteiger charge is 2.44. The summed E-state index contributed by atoms with van der Waals surface area (Å²) in [7, 11) is 0. The number of hydrogen-bond acceptors (Lipinski definition) is 3. The normalized spacial score (nSPS) is 11.0. The third-order valence-corrected chi connectivity index (χ3v) is 2.66. The lowest BCUT2D eigenvalue weighted by atomic mass is 10.1. The molecule has 0 saturated heterocycles. The Morgan fingerprint density at radius 1 is 1.42 bits per heavy atom. The first-order chi connectivity index (χ1) is 8.78. The van der Waals surface area contributed by atoms with Crippen LogP contribution in [0.4, 0.5) is 14.5 Å². The Labute approximate surface area is 117 Å². The van der Waals surface area contributed by atoms with Crippen molar-refractivity contribution in [3.63, 3.8) is 0 Å². The van der Waals surface area contributed by atoms with Gasteiger partial charge >= 0.3 is 11.9 Å². The second kappa shape index (κ2) is 6.10. The summed E-state index contributed by atoms with van der Waals surface area (Å²) in [4.78, 5) is 22.3. The second-order valence-corrected chi connectivity index (χ2v) is 4.58. The lowest BCUT2D eigenvalue weighted by molar-refractivity contribution is -0.173. The molecule has 1 aromatic carbocycles. The summed E-state index contributed by atoms with van der Waals surface area (Å²) in [5.41, 5.74) is -0.746. The molecule has 0 radical (unpaired) electrons. The van der Waals surface area contributed by atoms with Gasteiger partial charge in [-0.3, -0.25) is 4.79 Å². The van der Waals surface area contributed by atoms with Crippen LogP contribution in [-0.2, 0) is 20.2 Å². The number of carbonyl (C=O) groups is 2. The minimum absolute atomic E-state index is 0.139. The van der Waals surface area contributed by atoms with Crippen LogP contribution in [0.1, 0.15) is 19.4 Å². The van der Waals surface area contributed by atoms with Gasteiger partial charge in [0.15, 0.2) is 0 Å². The molecular formula is C12H12BrF2NO3. The van der Waals surface area contributed by atoms with E-state index < -0.39 is 23.4 Å². The van der Waals surface area contributed by atoms with E-state index in [1.165, 1.54) is 26.0 Å². The molecule has 4 nitrogen and oxygen atoms in total. The molecule has 1 aromatic rings. The fraction of sp³-hybridized carbons (Fsp3) is 0.333. The molecule has 104 valence electrons. The van der Waals surface area contributed by atoms with Crippen LogP contribution in [0.15, 0.2) is 22.7 Å². The van der Waals surface area contributed by atoms with Crippen molar-refractivity contribution in [2.24, 2.45) is 0 Å². The maximum Gasteiger partial charge on any atom is 0.382 e. The molecule has 19 heavy (non-hydrogen) atoms. The van der Waals surface area contributed by atoms with E-state index in [-0.39, 0.29) is 12.3 Å². The van der Waals surface area contributed by atoms with Crippen LogP contribution in [0.5, 0.6) is 0 Å². The maximum atomic E-state index is 13.9. The number of carbonyl (C=O) groups excluding carboxylic acids is 2. The summed E-state index contributed by atoms with van der Waals surface area (Å²) in [6.45, 7) is 2.47. The number of nitrogens with one attached hydrogen (secondary N) is 1. The van der Waals surface area contributed by atoms with Gasteiger partial charge in [0.2, 0.25) is 5.91 Å². The summed E-state index contributed by atoms with van der Waals surface area (Å²) in [5, 5.41) is 2.26. The van der Waals surface area contributed by atoms with Gasteiger partial charge in [-0.2, -0.15) is 8.78 Å². The van der Waals surface area contributed by atoms with Crippen molar-refractivity contribution < 1.29 is 23.1 Å². The quantitative estimate of drug-likeness (QED) is 0.860. The molecule has 0 unspecified atom stereocenters. The standard InChI is InChI=1S/C12H12BrF2NO3/c1-3-19-11(18)12(14,15)9-5-4-8(13)6-10(9)16-7(2)17/h4-6H,3H2,1-2H3,(H,16,17). The average molecular weight is 336 g/mol. The third kappa shape index (κ3) is 3.73. The summed E-state index contributed by atoms with van der Waals surface area (Å²) in [5.74, 6) is -5.99. The molecule has 0 saturated carbocycles. The summed E-state index contributed by atoms with van der Waals surface area (Å²) in [6.07, 6.45) is 0. The molecule has 0 aromatic heterocycles. The van der Waals surface area contributed by atoms with Gasteiger partial charge in [-0.05, 0) is 25.1 Å². The van der Waals surface area contributed by atoms with E-state index in [4.69, 9.17) is 0 Å². The largest absolute Gasteiger partial charge is 0.461 e. The molecule has 1 rings (SSSR count). The highest BCUT2D eigenvalue weighted by atomic mass is 79.9. The van der Waals surface area contributed by atoms with Gasteiger partial charge in [-0.15, -0.1) is 0 Å². The minimum Gasteiger partial charge on any atom is -0.461 e. The van der Waals surface area contributed by atoms with E-state index in [1.54, 1.807) is 0 Å². The smallest absolute Gasteiger partial charge is 0.382 e. The van der Waals surface area contributed by atoms with E-state index in [2.05, 4.69) is 26.0 Å². The molecule has 0 aliphatic rings. The molecule has 0 fully saturated rings. The number of halogens is 3. The lowest BCUT2D eigenvalue weighted by Gasteiger charge is -2.18. The molecular weight excluding hydrogens is 324 g/mol. The van der Waals surface area contributed by atoms with Crippen LogP contribution < -0.4 is 5.32 Å². The fourth-order valence-electron chi connectivity index (χ4n) is 1.42. The Bertz CT molecular complexity index is 506. The van der Waals surface area contributed by atoms with E-state index in [0.717, 1.165) is 6.07 Å². The minimum atomic E-state index is -3.82. The Hall–Kier alpha value is -1.50. The number of alkyl halides is 2. The summed E-state index contributed by atoms with van der Waals surface area (Å²) >= 11 is 3.11. The van der Waals surface area contributed by atoms with Crippen molar-refractivity contribution in [3.05, 3.63) is 28.2 Å². The van der Waals surface area contributed by atoms with Gasteiger partial charge in [-0.25, -0.2) is 4.79 Å². The second-order valence-electron chi connectivity index (χ2n) is 3.67. The molecule has 0 bridgehead atoms. The van der Waals surface area contributed by atoms with Gasteiger partial charge in [0.05, 0.1) is 17.9 Å². The van der Waals surface area contributed by atoms with Gasteiger partial charge < -0.3 is 10.1 Å². The zero-order valence-corrected chi connectivity index (χ0v) is 11.9. The first-order valence-electron chi connectivity index (χ1n) is 5.41. The molecule has 1 N–H and O–H groups in total. The Balaban J connectivity index is 3.24. The number of amides is 1. The van der Waals surface area contributed by atoms with Gasteiger partial charge in [-0.1, -0.05) is 15.9 Å². The molecule has 1 amide bonds. The predicted octanol–water partition coefficient (Wildman–Crippen LogP) is 3.06. The highest BCUT2D eigenvalue weighted by Crippen LogP contribution is 2.36.